The normalized spacial score (nSPS) is 23.2. The second-order valence-corrected chi connectivity index (χ2v) is 4.96. The zero-order valence-corrected chi connectivity index (χ0v) is 11.4. The third kappa shape index (κ3) is 1.54. The van der Waals surface area contributed by atoms with Crippen molar-refractivity contribution in [2.75, 3.05) is 6.61 Å². The Morgan fingerprint density at radius 3 is 2.85 bits per heavy atom. The molecule has 1 aromatic carbocycles. The van der Waals surface area contributed by atoms with E-state index in [1.165, 1.54) is 6.08 Å². The third-order valence-electron chi connectivity index (χ3n) is 3.80. The van der Waals surface area contributed by atoms with Crippen LogP contribution < -0.4 is 0 Å². The molecule has 0 aliphatic carbocycles. The van der Waals surface area contributed by atoms with Gasteiger partial charge < -0.3 is 9.64 Å². The molecule has 2 aliphatic heterocycles. The fourth-order valence-electron chi connectivity index (χ4n) is 2.63. The van der Waals surface area contributed by atoms with Gasteiger partial charge in [-0.1, -0.05) is 24.3 Å². The molecule has 0 radical (unpaired) electrons. The van der Waals surface area contributed by atoms with Crippen LogP contribution in [0, 0.1) is 0 Å². The van der Waals surface area contributed by atoms with Gasteiger partial charge in [-0.25, -0.2) is 4.79 Å². The molecule has 0 fully saturated rings. The standard InChI is InChI=1S/C16H15NO3/c1-3-20-15(19)16(2)14(18)10-13-12-7-5-4-6-11(12)8-9-17(13)16/h4-10H,3H2,1-2H3. The van der Waals surface area contributed by atoms with Crippen LogP contribution in [0.2, 0.25) is 0 Å². The number of rotatable bonds is 2. The van der Waals surface area contributed by atoms with Crippen molar-refractivity contribution >= 4 is 23.5 Å². The van der Waals surface area contributed by atoms with Gasteiger partial charge in [0.25, 0.3) is 0 Å². The van der Waals surface area contributed by atoms with Crippen LogP contribution >= 0.6 is 0 Å². The molecule has 3 rings (SSSR count). The highest BCUT2D eigenvalue weighted by Gasteiger charge is 2.52. The molecule has 0 saturated carbocycles. The van der Waals surface area contributed by atoms with E-state index >= 15 is 0 Å². The molecule has 1 aromatic rings. The number of esters is 1. The molecule has 102 valence electrons. The van der Waals surface area contributed by atoms with E-state index < -0.39 is 11.5 Å². The quantitative estimate of drug-likeness (QED) is 0.610. The molecule has 2 heterocycles. The topological polar surface area (TPSA) is 46.6 Å². The van der Waals surface area contributed by atoms with Crippen LogP contribution in [0.4, 0.5) is 0 Å². The van der Waals surface area contributed by atoms with E-state index in [1.54, 1.807) is 24.9 Å². The first kappa shape index (κ1) is 12.7. The van der Waals surface area contributed by atoms with Crippen LogP contribution in [0.1, 0.15) is 25.0 Å². The number of carbonyl (C=O) groups is 2. The predicted octanol–water partition coefficient (Wildman–Crippen LogP) is 2.22. The Bertz CT molecular complexity index is 659. The number of hydrogen-bond donors (Lipinski definition) is 0. The Kier molecular flexibility index (Phi) is 2.74. The summed E-state index contributed by atoms with van der Waals surface area (Å²) in [6.45, 7) is 3.59. The van der Waals surface area contributed by atoms with Gasteiger partial charge >= 0.3 is 5.97 Å². The second-order valence-electron chi connectivity index (χ2n) is 4.96. The van der Waals surface area contributed by atoms with Crippen LogP contribution in [0.3, 0.4) is 0 Å². The summed E-state index contributed by atoms with van der Waals surface area (Å²) in [5, 5.41) is 0. The number of benzene rings is 1. The number of ketones is 1. The van der Waals surface area contributed by atoms with Crippen molar-refractivity contribution in [1.29, 1.82) is 0 Å². The molecular formula is C16H15NO3. The van der Waals surface area contributed by atoms with Gasteiger partial charge in [-0.3, -0.25) is 4.79 Å². The maximum Gasteiger partial charge on any atom is 0.340 e. The molecule has 0 amide bonds. The van der Waals surface area contributed by atoms with Crippen molar-refractivity contribution in [3.05, 3.63) is 47.7 Å². The van der Waals surface area contributed by atoms with Gasteiger partial charge in [0.15, 0.2) is 5.78 Å². The number of nitrogens with zero attached hydrogens (tertiary/aromatic N) is 1. The predicted molar refractivity (Wildman–Crippen MR) is 75.3 cm³/mol. The Morgan fingerprint density at radius 1 is 1.35 bits per heavy atom. The maximum absolute atomic E-state index is 12.3. The maximum atomic E-state index is 12.3. The molecule has 4 heteroatoms. The zero-order chi connectivity index (χ0) is 14.3. The van der Waals surface area contributed by atoms with Gasteiger partial charge in [-0.05, 0) is 25.5 Å². The minimum Gasteiger partial charge on any atom is -0.464 e. The highest BCUT2D eigenvalue weighted by molar-refractivity contribution is 6.20. The lowest BCUT2D eigenvalue weighted by Gasteiger charge is -2.35. The molecule has 1 atom stereocenters. The smallest absolute Gasteiger partial charge is 0.340 e. The van der Waals surface area contributed by atoms with Crippen LogP contribution in [-0.4, -0.2) is 28.8 Å². The summed E-state index contributed by atoms with van der Waals surface area (Å²) in [6, 6.07) is 7.79. The van der Waals surface area contributed by atoms with Gasteiger partial charge in [-0.2, -0.15) is 0 Å². The average molecular weight is 269 g/mol. The number of carbonyl (C=O) groups excluding carboxylic acids is 2. The molecule has 0 spiro atoms. The third-order valence-corrected chi connectivity index (χ3v) is 3.80. The molecule has 1 unspecified atom stereocenters. The van der Waals surface area contributed by atoms with E-state index in [-0.39, 0.29) is 12.4 Å². The molecule has 0 aromatic heterocycles. The lowest BCUT2D eigenvalue weighted by Crippen LogP contribution is -2.52. The van der Waals surface area contributed by atoms with Gasteiger partial charge in [0, 0.05) is 17.8 Å². The highest BCUT2D eigenvalue weighted by Crippen LogP contribution is 2.40. The van der Waals surface area contributed by atoms with E-state index in [0.29, 0.717) is 0 Å². The van der Waals surface area contributed by atoms with E-state index in [1.807, 2.05) is 30.3 Å². The number of hydrogen-bond acceptors (Lipinski definition) is 4. The summed E-state index contributed by atoms with van der Waals surface area (Å²) in [7, 11) is 0. The number of ether oxygens (including phenoxy) is 1. The largest absolute Gasteiger partial charge is 0.464 e. The molecule has 4 nitrogen and oxygen atoms in total. The van der Waals surface area contributed by atoms with Gasteiger partial charge in [0.05, 0.1) is 12.3 Å². The average Bonchev–Trinajstić information content (AvgIpc) is 2.73. The van der Waals surface area contributed by atoms with Crippen molar-refractivity contribution in [1.82, 2.24) is 4.90 Å². The summed E-state index contributed by atoms with van der Waals surface area (Å²) in [5.41, 5.74) is 1.45. The van der Waals surface area contributed by atoms with Gasteiger partial charge in [0.2, 0.25) is 5.54 Å². The second kappa shape index (κ2) is 4.34. The minimum absolute atomic E-state index is 0.243. The van der Waals surface area contributed by atoms with Crippen LogP contribution in [0.15, 0.2) is 36.5 Å². The van der Waals surface area contributed by atoms with Gasteiger partial charge in [-0.15, -0.1) is 0 Å². The fourth-order valence-corrected chi connectivity index (χ4v) is 2.63. The molecule has 20 heavy (non-hydrogen) atoms. The zero-order valence-electron chi connectivity index (χ0n) is 11.4. The summed E-state index contributed by atoms with van der Waals surface area (Å²) in [5.74, 6) is -0.757. The molecule has 0 saturated heterocycles. The van der Waals surface area contributed by atoms with Crippen LogP contribution in [0.25, 0.3) is 11.8 Å². The SMILES string of the molecule is CCOC(=O)C1(C)C(=O)C=C2c3ccccc3C=CN21. The minimum atomic E-state index is -1.30. The molecule has 2 aliphatic rings. The Labute approximate surface area is 117 Å². The van der Waals surface area contributed by atoms with Gasteiger partial charge in [0.1, 0.15) is 0 Å². The van der Waals surface area contributed by atoms with E-state index in [4.69, 9.17) is 4.74 Å². The van der Waals surface area contributed by atoms with Crippen molar-refractivity contribution in [3.63, 3.8) is 0 Å². The van der Waals surface area contributed by atoms with Crippen molar-refractivity contribution in [2.45, 2.75) is 19.4 Å². The molecule has 0 N–H and O–H groups in total. The summed E-state index contributed by atoms with van der Waals surface area (Å²) in [4.78, 5) is 26.2. The van der Waals surface area contributed by atoms with E-state index in [9.17, 15) is 9.59 Å². The van der Waals surface area contributed by atoms with E-state index in [2.05, 4.69) is 0 Å². The molecule has 0 bridgehead atoms. The summed E-state index contributed by atoms with van der Waals surface area (Å²) >= 11 is 0. The summed E-state index contributed by atoms with van der Waals surface area (Å²) < 4.78 is 5.07. The first-order valence-electron chi connectivity index (χ1n) is 6.59. The first-order valence-corrected chi connectivity index (χ1v) is 6.59. The lowest BCUT2D eigenvalue weighted by molar-refractivity contribution is -0.155. The monoisotopic (exact) mass is 269 g/mol. The lowest BCUT2D eigenvalue weighted by atomic mass is 9.96. The first-order chi connectivity index (χ1) is 9.59. The Morgan fingerprint density at radius 2 is 2.10 bits per heavy atom. The Hall–Kier alpha value is -2.36. The van der Waals surface area contributed by atoms with Crippen LogP contribution in [0.5, 0.6) is 0 Å². The van der Waals surface area contributed by atoms with Crippen molar-refractivity contribution in [2.24, 2.45) is 0 Å². The highest BCUT2D eigenvalue weighted by atomic mass is 16.5. The Balaban J connectivity index is 2.08. The van der Waals surface area contributed by atoms with Crippen LogP contribution in [-0.2, 0) is 14.3 Å². The van der Waals surface area contributed by atoms with E-state index in [0.717, 1.165) is 16.8 Å². The van der Waals surface area contributed by atoms with Crippen molar-refractivity contribution in [3.8, 4) is 0 Å². The molecular weight excluding hydrogens is 254 g/mol. The number of fused-ring (bicyclic) bond motifs is 3. The summed E-state index contributed by atoms with van der Waals surface area (Å²) in [6.07, 6.45) is 5.21. The fraction of sp³-hybridized carbons (Fsp3) is 0.250. The van der Waals surface area contributed by atoms with Crippen molar-refractivity contribution < 1.29 is 14.3 Å².